The summed E-state index contributed by atoms with van der Waals surface area (Å²) in [5.41, 5.74) is 5.25. The van der Waals surface area contributed by atoms with Crippen LogP contribution in [0, 0.1) is 29.2 Å². The van der Waals surface area contributed by atoms with Crippen molar-refractivity contribution in [3.05, 3.63) is 141 Å². The van der Waals surface area contributed by atoms with Crippen molar-refractivity contribution >= 4 is 22.7 Å². The van der Waals surface area contributed by atoms with Gasteiger partial charge in [0.05, 0.1) is 0 Å². The number of thiophene rings is 2. The standard InChI is InChI=1S/C24H24F2S.C23H22F2S/c1-2-5-16-8-10-17(11-9-16)19-12-13-20(24(26)23(19)25)22-15-14-21(27-22)18-6-3-4-7-18;1-2-3-15-6-8-17(9-7-15)19-11-12-20(23(25)22(19)24)21-13-10-18(26-21)14-16-4-5-16/h8-15,18H,2-7H2,1H3;6-13,16H,2-5,14H2,1H3. The van der Waals surface area contributed by atoms with Gasteiger partial charge in [-0.3, -0.25) is 0 Å². The summed E-state index contributed by atoms with van der Waals surface area (Å²) in [7, 11) is 0. The van der Waals surface area contributed by atoms with Crippen LogP contribution in [0.4, 0.5) is 17.6 Å². The Hall–Kier alpha value is -4.00. The molecule has 0 radical (unpaired) electrons. The number of aryl methyl sites for hydroxylation is 2. The van der Waals surface area contributed by atoms with E-state index >= 15 is 0 Å². The van der Waals surface area contributed by atoms with Crippen LogP contribution in [0.2, 0.25) is 0 Å². The van der Waals surface area contributed by atoms with E-state index in [4.69, 9.17) is 0 Å². The average Bonchev–Trinajstić information content (AvgIpc) is 3.53. The predicted octanol–water partition coefficient (Wildman–Crippen LogP) is 15.2. The monoisotopic (exact) mass is 750 g/mol. The molecule has 0 atom stereocenters. The van der Waals surface area contributed by atoms with Gasteiger partial charge in [0.15, 0.2) is 23.3 Å². The van der Waals surface area contributed by atoms with Gasteiger partial charge in [0, 0.05) is 41.8 Å². The molecule has 0 unspecified atom stereocenters. The topological polar surface area (TPSA) is 0 Å². The minimum absolute atomic E-state index is 0.323. The minimum atomic E-state index is -0.761. The molecule has 4 aromatic carbocycles. The van der Waals surface area contributed by atoms with Crippen LogP contribution in [0.1, 0.15) is 92.0 Å². The van der Waals surface area contributed by atoms with Gasteiger partial charge in [0.25, 0.3) is 0 Å². The van der Waals surface area contributed by atoms with Crippen LogP contribution in [0.5, 0.6) is 0 Å². The van der Waals surface area contributed by atoms with Gasteiger partial charge in [0.2, 0.25) is 0 Å². The van der Waals surface area contributed by atoms with E-state index in [1.165, 1.54) is 59.4 Å². The van der Waals surface area contributed by atoms with Gasteiger partial charge in [-0.15, -0.1) is 22.7 Å². The summed E-state index contributed by atoms with van der Waals surface area (Å²) in [6.07, 6.45) is 12.8. The fourth-order valence-corrected chi connectivity index (χ4v) is 9.71. The van der Waals surface area contributed by atoms with Gasteiger partial charge in [-0.1, -0.05) is 100 Å². The number of benzene rings is 4. The fraction of sp³-hybridized carbons (Fsp3) is 0.319. The lowest BCUT2D eigenvalue weighted by molar-refractivity contribution is 0.514. The molecule has 274 valence electrons. The second-order valence-corrected chi connectivity index (χ2v) is 16.9. The van der Waals surface area contributed by atoms with Crippen molar-refractivity contribution in [1.82, 2.24) is 0 Å². The van der Waals surface area contributed by atoms with Crippen LogP contribution in [-0.2, 0) is 19.3 Å². The maximum atomic E-state index is 14.9. The van der Waals surface area contributed by atoms with Crippen LogP contribution in [0.25, 0.3) is 43.1 Å². The molecule has 0 bridgehead atoms. The van der Waals surface area contributed by atoms with Gasteiger partial charge in [-0.05, 0) is 115 Å². The Morgan fingerprint density at radius 1 is 0.491 bits per heavy atom. The lowest BCUT2D eigenvalue weighted by atomic mass is 9.99. The average molecular weight is 751 g/mol. The molecule has 2 saturated carbocycles. The summed E-state index contributed by atoms with van der Waals surface area (Å²) < 4.78 is 59.2. The third-order valence-corrected chi connectivity index (χ3v) is 13.0. The number of hydrogen-bond donors (Lipinski definition) is 0. The Kier molecular flexibility index (Phi) is 12.0. The second kappa shape index (κ2) is 17.0. The first-order chi connectivity index (χ1) is 25.8. The molecule has 0 aliphatic heterocycles. The first-order valence-electron chi connectivity index (χ1n) is 19.2. The van der Waals surface area contributed by atoms with Crippen molar-refractivity contribution in [1.29, 1.82) is 0 Å². The quantitative estimate of drug-likeness (QED) is 0.116. The van der Waals surface area contributed by atoms with E-state index in [0.717, 1.165) is 53.3 Å². The van der Waals surface area contributed by atoms with E-state index in [1.54, 1.807) is 46.9 Å². The van der Waals surface area contributed by atoms with E-state index in [-0.39, 0.29) is 0 Å². The highest BCUT2D eigenvalue weighted by molar-refractivity contribution is 7.15. The minimum Gasteiger partial charge on any atom is -0.203 e. The summed E-state index contributed by atoms with van der Waals surface area (Å²) in [5, 5.41) is 0. The lowest BCUT2D eigenvalue weighted by Crippen LogP contribution is -1.93. The van der Waals surface area contributed by atoms with Crippen LogP contribution >= 0.6 is 22.7 Å². The van der Waals surface area contributed by atoms with Crippen molar-refractivity contribution in [3.63, 3.8) is 0 Å². The smallest absolute Gasteiger partial charge is 0.168 e. The molecule has 0 N–H and O–H groups in total. The van der Waals surface area contributed by atoms with Gasteiger partial charge < -0.3 is 0 Å². The van der Waals surface area contributed by atoms with E-state index in [9.17, 15) is 17.6 Å². The second-order valence-electron chi connectivity index (χ2n) is 14.6. The van der Waals surface area contributed by atoms with Gasteiger partial charge in [-0.2, -0.15) is 0 Å². The maximum absolute atomic E-state index is 14.9. The molecule has 2 heterocycles. The lowest BCUT2D eigenvalue weighted by Gasteiger charge is -2.09. The van der Waals surface area contributed by atoms with Crippen LogP contribution in [0.3, 0.4) is 0 Å². The molecule has 6 aromatic rings. The number of rotatable bonds is 11. The summed E-state index contributed by atoms with van der Waals surface area (Å²) in [6, 6.07) is 30.3. The Balaban J connectivity index is 0.000000164. The Morgan fingerprint density at radius 2 is 0.943 bits per heavy atom. The molecule has 2 aliphatic rings. The Bertz CT molecular complexity index is 2130. The molecule has 8 rings (SSSR count). The zero-order chi connectivity index (χ0) is 36.9. The van der Waals surface area contributed by atoms with Crippen LogP contribution in [-0.4, -0.2) is 0 Å². The largest absolute Gasteiger partial charge is 0.203 e. The zero-order valence-electron chi connectivity index (χ0n) is 30.5. The van der Waals surface area contributed by atoms with Crippen molar-refractivity contribution in [2.75, 3.05) is 0 Å². The van der Waals surface area contributed by atoms with Crippen molar-refractivity contribution < 1.29 is 17.6 Å². The Labute approximate surface area is 319 Å². The maximum Gasteiger partial charge on any atom is 0.168 e. The van der Waals surface area contributed by atoms with E-state index in [2.05, 4.69) is 26.0 Å². The van der Waals surface area contributed by atoms with Crippen molar-refractivity contribution in [3.8, 4) is 43.1 Å². The van der Waals surface area contributed by atoms with Crippen LogP contribution in [0.15, 0.2) is 97.1 Å². The summed E-state index contributed by atoms with van der Waals surface area (Å²) in [4.78, 5) is 4.19. The normalized spacial score (nSPS) is 14.4. The molecule has 53 heavy (non-hydrogen) atoms. The van der Waals surface area contributed by atoms with Gasteiger partial charge in [-0.25, -0.2) is 17.6 Å². The summed E-state index contributed by atoms with van der Waals surface area (Å²) in [5.74, 6) is -1.63. The van der Waals surface area contributed by atoms with Gasteiger partial charge >= 0.3 is 0 Å². The third-order valence-electron chi connectivity index (χ3n) is 10.5. The van der Waals surface area contributed by atoms with Crippen molar-refractivity contribution in [2.45, 2.75) is 90.4 Å². The summed E-state index contributed by atoms with van der Waals surface area (Å²) >= 11 is 3.19. The summed E-state index contributed by atoms with van der Waals surface area (Å²) in [6.45, 7) is 4.26. The van der Waals surface area contributed by atoms with Gasteiger partial charge in [0.1, 0.15) is 0 Å². The molecule has 0 spiro atoms. The highest BCUT2D eigenvalue weighted by Gasteiger charge is 2.24. The molecule has 0 saturated heterocycles. The van der Waals surface area contributed by atoms with E-state index in [0.29, 0.717) is 33.7 Å². The highest BCUT2D eigenvalue weighted by atomic mass is 32.1. The van der Waals surface area contributed by atoms with E-state index in [1.807, 2.05) is 60.7 Å². The third kappa shape index (κ3) is 8.71. The molecule has 2 aliphatic carbocycles. The SMILES string of the molecule is CCCc1ccc(-c2ccc(-c3ccc(C4CCCC4)s3)c(F)c2F)cc1.CCCc1ccc(-c2ccc(-c3ccc(CC4CC4)s3)c(F)c2F)cc1. The van der Waals surface area contributed by atoms with Crippen molar-refractivity contribution in [2.24, 2.45) is 5.92 Å². The first-order valence-corrected chi connectivity index (χ1v) is 20.8. The molecular weight excluding hydrogens is 705 g/mol. The fourth-order valence-electron chi connectivity index (χ4n) is 7.37. The zero-order valence-corrected chi connectivity index (χ0v) is 32.1. The molecule has 6 heteroatoms. The predicted molar refractivity (Wildman–Crippen MR) is 216 cm³/mol. The number of hydrogen-bond acceptors (Lipinski definition) is 2. The molecule has 0 amide bonds. The van der Waals surface area contributed by atoms with E-state index < -0.39 is 23.3 Å². The number of halogens is 4. The molecular formula is C47H46F4S2. The first kappa shape index (κ1) is 37.3. The van der Waals surface area contributed by atoms with Crippen LogP contribution < -0.4 is 0 Å². The molecule has 0 nitrogen and oxygen atoms in total. The highest BCUT2D eigenvalue weighted by Crippen LogP contribution is 2.42. The Morgan fingerprint density at radius 3 is 1.43 bits per heavy atom. The molecule has 2 fully saturated rings. The molecule has 2 aromatic heterocycles.